The van der Waals surface area contributed by atoms with Crippen LogP contribution in [0.3, 0.4) is 0 Å². The van der Waals surface area contributed by atoms with Gasteiger partial charge in [0.2, 0.25) is 0 Å². The molecule has 2 fully saturated rings. The maximum atomic E-state index is 11.7. The van der Waals surface area contributed by atoms with Crippen molar-refractivity contribution in [3.63, 3.8) is 0 Å². The van der Waals surface area contributed by atoms with Gasteiger partial charge >= 0.3 is 5.97 Å². The van der Waals surface area contributed by atoms with Crippen molar-refractivity contribution in [2.24, 2.45) is 11.8 Å². The topological polar surface area (TPSA) is 41.6 Å². The molecule has 0 radical (unpaired) electrons. The molecule has 5 heteroatoms. The van der Waals surface area contributed by atoms with Gasteiger partial charge in [-0.15, -0.1) is 12.4 Å². The van der Waals surface area contributed by atoms with Crippen LogP contribution in [0.15, 0.2) is 0 Å². The van der Waals surface area contributed by atoms with Crippen LogP contribution in [0.5, 0.6) is 0 Å². The van der Waals surface area contributed by atoms with E-state index in [4.69, 9.17) is 4.74 Å². The van der Waals surface area contributed by atoms with E-state index in [0.29, 0.717) is 6.61 Å². The summed E-state index contributed by atoms with van der Waals surface area (Å²) >= 11 is 0. The second-order valence-corrected chi connectivity index (χ2v) is 4.89. The van der Waals surface area contributed by atoms with E-state index in [1.165, 1.54) is 6.42 Å². The molecule has 2 saturated heterocycles. The van der Waals surface area contributed by atoms with Crippen molar-refractivity contribution in [2.45, 2.75) is 26.3 Å². The lowest BCUT2D eigenvalue weighted by Gasteiger charge is -2.37. The summed E-state index contributed by atoms with van der Waals surface area (Å²) in [6.07, 6.45) is 1.21. The lowest BCUT2D eigenvalue weighted by molar-refractivity contribution is -0.149. The number of fused-ring (bicyclic) bond motifs is 1. The van der Waals surface area contributed by atoms with Crippen LogP contribution in [0.4, 0.5) is 0 Å². The van der Waals surface area contributed by atoms with Gasteiger partial charge in [0, 0.05) is 6.54 Å². The van der Waals surface area contributed by atoms with Gasteiger partial charge in [-0.05, 0) is 51.7 Å². The Balaban J connectivity index is 0.00000144. The molecule has 4 nitrogen and oxygen atoms in total. The van der Waals surface area contributed by atoms with Gasteiger partial charge in [-0.1, -0.05) is 0 Å². The number of piperidine rings is 1. The van der Waals surface area contributed by atoms with E-state index in [2.05, 4.69) is 10.2 Å². The number of likely N-dealkylation sites (tertiary alicyclic amines) is 1. The fourth-order valence-corrected chi connectivity index (χ4v) is 2.83. The van der Waals surface area contributed by atoms with Crippen molar-refractivity contribution in [1.82, 2.24) is 10.2 Å². The monoisotopic (exact) mass is 262 g/mol. The number of hydrogen-bond acceptors (Lipinski definition) is 4. The molecule has 17 heavy (non-hydrogen) atoms. The third-order valence-corrected chi connectivity index (χ3v) is 3.91. The predicted octanol–water partition coefficient (Wildman–Crippen LogP) is 0.901. The van der Waals surface area contributed by atoms with Crippen LogP contribution in [-0.2, 0) is 9.53 Å². The van der Waals surface area contributed by atoms with Crippen LogP contribution >= 0.6 is 12.4 Å². The van der Waals surface area contributed by atoms with E-state index in [1.807, 2.05) is 13.8 Å². The Morgan fingerprint density at radius 1 is 1.47 bits per heavy atom. The minimum atomic E-state index is -0.0819. The summed E-state index contributed by atoms with van der Waals surface area (Å²) in [6.45, 7) is 8.63. The van der Waals surface area contributed by atoms with Crippen LogP contribution < -0.4 is 5.32 Å². The molecular formula is C12H23ClN2O2. The Hall–Kier alpha value is -0.320. The summed E-state index contributed by atoms with van der Waals surface area (Å²) in [5.41, 5.74) is 0. The molecule has 2 aliphatic rings. The second-order valence-electron chi connectivity index (χ2n) is 4.89. The highest BCUT2D eigenvalue weighted by molar-refractivity contribution is 5.85. The minimum absolute atomic E-state index is 0. The number of nitrogens with zero attached hydrogens (tertiary/aromatic N) is 1. The summed E-state index contributed by atoms with van der Waals surface area (Å²) in [7, 11) is 0. The molecule has 0 amide bonds. The number of carbonyl (C=O) groups excluding carboxylic acids is 1. The van der Waals surface area contributed by atoms with E-state index in [9.17, 15) is 4.79 Å². The molecule has 0 aliphatic carbocycles. The highest BCUT2D eigenvalue weighted by Gasteiger charge is 2.35. The summed E-state index contributed by atoms with van der Waals surface area (Å²) < 4.78 is 5.07. The number of rotatable bonds is 3. The standard InChI is InChI=1S/C12H22N2O2.ClH/c1-3-16-12(15)9(2)14-5-4-10-6-13-7-11(10)8-14;/h9-11,13H,3-8H2,1-2H3;1H. The van der Waals surface area contributed by atoms with Gasteiger partial charge in [-0.2, -0.15) is 0 Å². The van der Waals surface area contributed by atoms with Crippen molar-refractivity contribution in [1.29, 1.82) is 0 Å². The molecule has 0 saturated carbocycles. The summed E-state index contributed by atoms with van der Waals surface area (Å²) in [5.74, 6) is 1.48. The Kier molecular flexibility index (Phi) is 5.70. The molecule has 0 aromatic heterocycles. The van der Waals surface area contributed by atoms with Crippen LogP contribution in [0, 0.1) is 11.8 Å². The fraction of sp³-hybridized carbons (Fsp3) is 0.917. The Morgan fingerprint density at radius 3 is 2.88 bits per heavy atom. The van der Waals surface area contributed by atoms with E-state index in [0.717, 1.165) is 38.0 Å². The van der Waals surface area contributed by atoms with Gasteiger partial charge in [-0.3, -0.25) is 9.69 Å². The lowest BCUT2D eigenvalue weighted by Crippen LogP contribution is -2.48. The molecule has 2 heterocycles. The first-order valence-electron chi connectivity index (χ1n) is 6.33. The van der Waals surface area contributed by atoms with E-state index in [-0.39, 0.29) is 24.4 Å². The number of ether oxygens (including phenoxy) is 1. The summed E-state index contributed by atoms with van der Waals surface area (Å²) in [5, 5.41) is 3.44. The number of carbonyl (C=O) groups is 1. The molecule has 100 valence electrons. The zero-order chi connectivity index (χ0) is 11.5. The molecule has 0 spiro atoms. The van der Waals surface area contributed by atoms with Crippen molar-refractivity contribution in [2.75, 3.05) is 32.8 Å². The number of hydrogen-bond donors (Lipinski definition) is 1. The van der Waals surface area contributed by atoms with Crippen molar-refractivity contribution in [3.05, 3.63) is 0 Å². The SMILES string of the molecule is CCOC(=O)C(C)N1CCC2CNCC2C1.Cl. The average molecular weight is 263 g/mol. The molecule has 3 unspecified atom stereocenters. The highest BCUT2D eigenvalue weighted by Crippen LogP contribution is 2.27. The Morgan fingerprint density at radius 2 is 2.18 bits per heavy atom. The average Bonchev–Trinajstić information content (AvgIpc) is 2.75. The molecule has 3 atom stereocenters. The van der Waals surface area contributed by atoms with Gasteiger partial charge in [0.05, 0.1) is 6.61 Å². The van der Waals surface area contributed by atoms with Crippen LogP contribution in [0.25, 0.3) is 0 Å². The first-order chi connectivity index (χ1) is 7.72. The van der Waals surface area contributed by atoms with Gasteiger partial charge < -0.3 is 10.1 Å². The summed E-state index contributed by atoms with van der Waals surface area (Å²) in [6, 6.07) is -0.0819. The summed E-state index contributed by atoms with van der Waals surface area (Å²) in [4.78, 5) is 13.9. The minimum Gasteiger partial charge on any atom is -0.465 e. The fourth-order valence-electron chi connectivity index (χ4n) is 2.83. The van der Waals surface area contributed by atoms with Gasteiger partial charge in [0.1, 0.15) is 6.04 Å². The largest absolute Gasteiger partial charge is 0.465 e. The van der Waals surface area contributed by atoms with Gasteiger partial charge in [0.15, 0.2) is 0 Å². The van der Waals surface area contributed by atoms with Crippen molar-refractivity contribution >= 4 is 18.4 Å². The molecule has 0 aromatic rings. The first-order valence-corrected chi connectivity index (χ1v) is 6.33. The molecule has 1 N–H and O–H groups in total. The number of nitrogens with one attached hydrogen (secondary N) is 1. The van der Waals surface area contributed by atoms with E-state index >= 15 is 0 Å². The molecule has 2 aliphatic heterocycles. The lowest BCUT2D eigenvalue weighted by atomic mass is 9.88. The molecular weight excluding hydrogens is 240 g/mol. The van der Waals surface area contributed by atoms with Crippen LogP contribution in [0.2, 0.25) is 0 Å². The predicted molar refractivity (Wildman–Crippen MR) is 69.4 cm³/mol. The first kappa shape index (κ1) is 14.7. The third-order valence-electron chi connectivity index (χ3n) is 3.91. The second kappa shape index (κ2) is 6.57. The third kappa shape index (κ3) is 3.33. The zero-order valence-corrected chi connectivity index (χ0v) is 11.5. The van der Waals surface area contributed by atoms with Crippen LogP contribution in [0.1, 0.15) is 20.3 Å². The quantitative estimate of drug-likeness (QED) is 0.768. The zero-order valence-electron chi connectivity index (χ0n) is 10.6. The van der Waals surface area contributed by atoms with Gasteiger partial charge in [-0.25, -0.2) is 0 Å². The number of halogens is 1. The Labute approximate surface area is 109 Å². The molecule has 0 bridgehead atoms. The normalized spacial score (nSPS) is 30.2. The maximum Gasteiger partial charge on any atom is 0.323 e. The Bertz CT molecular complexity index is 263. The smallest absolute Gasteiger partial charge is 0.323 e. The highest BCUT2D eigenvalue weighted by atomic mass is 35.5. The van der Waals surface area contributed by atoms with Crippen molar-refractivity contribution in [3.8, 4) is 0 Å². The van der Waals surface area contributed by atoms with Crippen LogP contribution in [-0.4, -0.2) is 49.7 Å². The van der Waals surface area contributed by atoms with Crippen molar-refractivity contribution < 1.29 is 9.53 Å². The van der Waals surface area contributed by atoms with E-state index in [1.54, 1.807) is 0 Å². The number of esters is 1. The van der Waals surface area contributed by atoms with Gasteiger partial charge in [0.25, 0.3) is 0 Å². The molecule has 0 aromatic carbocycles. The molecule has 2 rings (SSSR count). The van der Waals surface area contributed by atoms with E-state index < -0.39 is 0 Å². The maximum absolute atomic E-state index is 11.7.